The number of hydrogen-bond acceptors (Lipinski definition) is 4. The quantitative estimate of drug-likeness (QED) is 0.721. The number of nitrogens with zero attached hydrogens (tertiary/aromatic N) is 2. The van der Waals surface area contributed by atoms with E-state index in [1.54, 1.807) is 12.4 Å². The second-order valence-corrected chi connectivity index (χ2v) is 5.37. The Morgan fingerprint density at radius 3 is 2.78 bits per heavy atom. The van der Waals surface area contributed by atoms with Crippen LogP contribution >= 0.6 is 0 Å². The third-order valence-electron chi connectivity index (χ3n) is 3.54. The first-order chi connectivity index (χ1) is 11.1. The molecular formula is C18H22N2O3. The molecule has 2 aromatic rings. The molecule has 0 atom stereocenters. The van der Waals surface area contributed by atoms with Gasteiger partial charge in [0.1, 0.15) is 5.75 Å². The first-order valence-electron chi connectivity index (χ1n) is 7.70. The zero-order chi connectivity index (χ0) is 16.5. The first-order valence-corrected chi connectivity index (χ1v) is 7.70. The Kier molecular flexibility index (Phi) is 6.41. The molecule has 122 valence electrons. The Hall–Kier alpha value is -2.56. The summed E-state index contributed by atoms with van der Waals surface area (Å²) in [5, 5.41) is 8.72. The molecule has 0 aliphatic rings. The average Bonchev–Trinajstić information content (AvgIpc) is 2.58. The van der Waals surface area contributed by atoms with Crippen molar-refractivity contribution in [2.45, 2.75) is 19.3 Å². The minimum Gasteiger partial charge on any atom is -0.494 e. The van der Waals surface area contributed by atoms with E-state index in [-0.39, 0.29) is 6.42 Å². The Labute approximate surface area is 136 Å². The Morgan fingerprint density at radius 1 is 1.26 bits per heavy atom. The molecule has 0 amide bonds. The van der Waals surface area contributed by atoms with Crippen molar-refractivity contribution in [2.24, 2.45) is 0 Å². The average molecular weight is 314 g/mol. The molecule has 0 bridgehead atoms. The topological polar surface area (TPSA) is 62.7 Å². The number of hydrogen-bond donors (Lipinski definition) is 1. The van der Waals surface area contributed by atoms with Crippen LogP contribution in [0.15, 0.2) is 48.8 Å². The van der Waals surface area contributed by atoms with Crippen molar-refractivity contribution in [3.63, 3.8) is 0 Å². The second-order valence-electron chi connectivity index (χ2n) is 5.37. The predicted octanol–water partition coefficient (Wildman–Crippen LogP) is 3.00. The molecule has 0 fully saturated rings. The van der Waals surface area contributed by atoms with Gasteiger partial charge >= 0.3 is 5.97 Å². The van der Waals surface area contributed by atoms with Crippen molar-refractivity contribution >= 4 is 11.7 Å². The van der Waals surface area contributed by atoms with E-state index in [2.05, 4.69) is 9.88 Å². The minimum absolute atomic E-state index is 0.139. The third-order valence-corrected chi connectivity index (χ3v) is 3.54. The van der Waals surface area contributed by atoms with Gasteiger partial charge in [-0.25, -0.2) is 0 Å². The zero-order valence-corrected chi connectivity index (χ0v) is 13.3. The maximum absolute atomic E-state index is 10.6. The van der Waals surface area contributed by atoms with E-state index in [1.165, 1.54) is 0 Å². The fourth-order valence-corrected chi connectivity index (χ4v) is 2.26. The van der Waals surface area contributed by atoms with Gasteiger partial charge in [0.2, 0.25) is 0 Å². The number of aromatic nitrogens is 1. The number of carbonyl (C=O) groups is 1. The summed E-state index contributed by atoms with van der Waals surface area (Å²) >= 11 is 0. The first kappa shape index (κ1) is 16.8. The molecule has 5 nitrogen and oxygen atoms in total. The van der Waals surface area contributed by atoms with E-state index in [0.717, 1.165) is 30.0 Å². The highest BCUT2D eigenvalue weighted by Gasteiger charge is 2.02. The van der Waals surface area contributed by atoms with Crippen molar-refractivity contribution in [3.8, 4) is 5.75 Å². The normalized spacial score (nSPS) is 10.3. The molecular weight excluding hydrogens is 292 g/mol. The highest BCUT2D eigenvalue weighted by Crippen LogP contribution is 2.15. The number of pyridine rings is 1. The standard InChI is InChI=1S/C18H22N2O3/c1-20(16-8-10-19-11-9-16)12-3-13-23-17-5-2-4-15(14-17)6-7-18(21)22/h2,4-5,8-11,14H,3,6-7,12-13H2,1H3,(H,21,22). The van der Waals surface area contributed by atoms with Crippen molar-refractivity contribution in [3.05, 3.63) is 54.4 Å². The lowest BCUT2D eigenvalue weighted by molar-refractivity contribution is -0.136. The van der Waals surface area contributed by atoms with Crippen LogP contribution in [-0.2, 0) is 11.2 Å². The maximum Gasteiger partial charge on any atom is 0.303 e. The van der Waals surface area contributed by atoms with Gasteiger partial charge in [-0.1, -0.05) is 12.1 Å². The molecule has 0 unspecified atom stereocenters. The number of anilines is 1. The van der Waals surface area contributed by atoms with Crippen molar-refractivity contribution < 1.29 is 14.6 Å². The number of aryl methyl sites for hydroxylation is 1. The van der Waals surface area contributed by atoms with E-state index < -0.39 is 5.97 Å². The molecule has 5 heteroatoms. The van der Waals surface area contributed by atoms with Crippen LogP contribution in [-0.4, -0.2) is 36.3 Å². The molecule has 1 aromatic carbocycles. The van der Waals surface area contributed by atoms with Gasteiger partial charge in [0.05, 0.1) is 6.61 Å². The largest absolute Gasteiger partial charge is 0.494 e. The number of ether oxygens (including phenoxy) is 1. The fraction of sp³-hybridized carbons (Fsp3) is 0.333. The summed E-state index contributed by atoms with van der Waals surface area (Å²) < 4.78 is 5.75. The summed E-state index contributed by atoms with van der Waals surface area (Å²) in [5.74, 6) is 0.00919. The van der Waals surface area contributed by atoms with Gasteiger partial charge in [-0.3, -0.25) is 9.78 Å². The van der Waals surface area contributed by atoms with E-state index in [4.69, 9.17) is 9.84 Å². The molecule has 1 aromatic heterocycles. The summed E-state index contributed by atoms with van der Waals surface area (Å²) in [7, 11) is 2.04. The van der Waals surface area contributed by atoms with Gasteiger partial charge in [0, 0.05) is 38.1 Å². The lowest BCUT2D eigenvalue weighted by atomic mass is 10.1. The third kappa shape index (κ3) is 5.98. The molecule has 0 spiro atoms. The molecule has 1 N–H and O–H groups in total. The monoisotopic (exact) mass is 314 g/mol. The molecule has 0 aliphatic heterocycles. The van der Waals surface area contributed by atoms with Crippen LogP contribution < -0.4 is 9.64 Å². The summed E-state index contributed by atoms with van der Waals surface area (Å²) in [4.78, 5) is 16.8. The highest BCUT2D eigenvalue weighted by atomic mass is 16.5. The summed E-state index contributed by atoms with van der Waals surface area (Å²) in [6, 6.07) is 11.6. The van der Waals surface area contributed by atoms with Gasteiger partial charge in [0.25, 0.3) is 0 Å². The predicted molar refractivity (Wildman–Crippen MR) is 90.0 cm³/mol. The van der Waals surface area contributed by atoms with Gasteiger partial charge < -0.3 is 14.7 Å². The number of rotatable bonds is 9. The Morgan fingerprint density at radius 2 is 2.04 bits per heavy atom. The molecule has 23 heavy (non-hydrogen) atoms. The van der Waals surface area contributed by atoms with Crippen LogP contribution in [0.1, 0.15) is 18.4 Å². The van der Waals surface area contributed by atoms with Crippen molar-refractivity contribution in [1.29, 1.82) is 0 Å². The summed E-state index contributed by atoms with van der Waals surface area (Å²) in [6.07, 6.45) is 5.13. The van der Waals surface area contributed by atoms with Gasteiger partial charge in [-0.15, -0.1) is 0 Å². The van der Waals surface area contributed by atoms with Crippen LogP contribution in [0.2, 0.25) is 0 Å². The van der Waals surface area contributed by atoms with Crippen LogP contribution in [0.4, 0.5) is 5.69 Å². The Bertz CT molecular complexity index is 617. The van der Waals surface area contributed by atoms with Gasteiger partial charge in [0.15, 0.2) is 0 Å². The molecule has 0 saturated carbocycles. The summed E-state index contributed by atoms with van der Waals surface area (Å²) in [5.41, 5.74) is 2.12. The SMILES string of the molecule is CN(CCCOc1cccc(CCC(=O)O)c1)c1ccncc1. The molecule has 0 aliphatic carbocycles. The molecule has 1 heterocycles. The number of aliphatic carboxylic acids is 1. The van der Waals surface area contributed by atoms with Crippen LogP contribution in [0.5, 0.6) is 5.75 Å². The Balaban J connectivity index is 1.73. The maximum atomic E-state index is 10.6. The number of carboxylic acids is 1. The van der Waals surface area contributed by atoms with Crippen LogP contribution in [0, 0.1) is 0 Å². The molecule has 0 saturated heterocycles. The highest BCUT2D eigenvalue weighted by molar-refractivity contribution is 5.67. The van der Waals surface area contributed by atoms with E-state index in [9.17, 15) is 4.79 Å². The van der Waals surface area contributed by atoms with E-state index >= 15 is 0 Å². The lowest BCUT2D eigenvalue weighted by Gasteiger charge is -2.19. The smallest absolute Gasteiger partial charge is 0.303 e. The van der Waals surface area contributed by atoms with Gasteiger partial charge in [-0.05, 0) is 42.7 Å². The summed E-state index contributed by atoms with van der Waals surface area (Å²) in [6.45, 7) is 1.51. The van der Waals surface area contributed by atoms with Crippen molar-refractivity contribution in [2.75, 3.05) is 25.1 Å². The van der Waals surface area contributed by atoms with Crippen molar-refractivity contribution in [1.82, 2.24) is 4.98 Å². The van der Waals surface area contributed by atoms with Crippen LogP contribution in [0.25, 0.3) is 0 Å². The second kappa shape index (κ2) is 8.78. The molecule has 2 rings (SSSR count). The minimum atomic E-state index is -0.782. The van der Waals surface area contributed by atoms with E-state index in [0.29, 0.717) is 13.0 Å². The zero-order valence-electron chi connectivity index (χ0n) is 13.3. The van der Waals surface area contributed by atoms with Gasteiger partial charge in [-0.2, -0.15) is 0 Å². The number of carboxylic acid groups (broad SMARTS) is 1. The number of benzene rings is 1. The van der Waals surface area contributed by atoms with E-state index in [1.807, 2.05) is 43.4 Å². The lowest BCUT2D eigenvalue weighted by Crippen LogP contribution is -2.20. The molecule has 0 radical (unpaired) electrons. The fourth-order valence-electron chi connectivity index (χ4n) is 2.26. The van der Waals surface area contributed by atoms with Crippen LogP contribution in [0.3, 0.4) is 0 Å².